The van der Waals surface area contributed by atoms with Gasteiger partial charge in [0.1, 0.15) is 0 Å². The molecule has 0 radical (unpaired) electrons. The highest BCUT2D eigenvalue weighted by atomic mass is 35.5. The molecular weight excluding hydrogens is 268 g/mol. The smallest absolute Gasteiger partial charge is 0.228 e. The average molecular weight is 279 g/mol. The first kappa shape index (κ1) is 11.7. The zero-order valence-electron chi connectivity index (χ0n) is 9.44. The van der Waals surface area contributed by atoms with Crippen LogP contribution in [0.25, 0.3) is 0 Å². The molecule has 0 aliphatic carbocycles. The van der Waals surface area contributed by atoms with Crippen molar-refractivity contribution >= 4 is 34.5 Å². The lowest BCUT2D eigenvalue weighted by molar-refractivity contribution is -0.115. The number of carbonyl (C=O) groups excluding carboxylic acids is 1. The maximum atomic E-state index is 11.3. The number of amides is 1. The van der Waals surface area contributed by atoms with Gasteiger partial charge in [0.15, 0.2) is 0 Å². The SMILES string of the molecule is NC(c1ccc2c(c1)CC(=O)N2)c1sccc1Cl. The van der Waals surface area contributed by atoms with Crippen LogP contribution in [-0.2, 0) is 11.2 Å². The van der Waals surface area contributed by atoms with E-state index in [1.54, 1.807) is 11.3 Å². The fraction of sp³-hybridized carbons (Fsp3) is 0.154. The number of rotatable bonds is 2. The number of fused-ring (bicyclic) bond motifs is 1. The number of hydrogen-bond donors (Lipinski definition) is 2. The number of anilines is 1. The third-order valence-electron chi connectivity index (χ3n) is 3.04. The van der Waals surface area contributed by atoms with E-state index in [4.69, 9.17) is 17.3 Å². The van der Waals surface area contributed by atoms with Crippen molar-refractivity contribution in [2.45, 2.75) is 12.5 Å². The van der Waals surface area contributed by atoms with Gasteiger partial charge in [-0.25, -0.2) is 0 Å². The molecule has 5 heteroatoms. The van der Waals surface area contributed by atoms with Crippen molar-refractivity contribution in [3.8, 4) is 0 Å². The van der Waals surface area contributed by atoms with Gasteiger partial charge in [-0.05, 0) is 28.6 Å². The van der Waals surface area contributed by atoms with Gasteiger partial charge in [-0.3, -0.25) is 4.79 Å². The van der Waals surface area contributed by atoms with Crippen molar-refractivity contribution < 1.29 is 4.79 Å². The number of carbonyl (C=O) groups is 1. The van der Waals surface area contributed by atoms with Gasteiger partial charge in [0.05, 0.1) is 17.5 Å². The molecule has 18 heavy (non-hydrogen) atoms. The van der Waals surface area contributed by atoms with Crippen LogP contribution in [0, 0.1) is 0 Å². The third-order valence-corrected chi connectivity index (χ3v) is 4.48. The maximum Gasteiger partial charge on any atom is 0.228 e. The van der Waals surface area contributed by atoms with Gasteiger partial charge in [-0.2, -0.15) is 0 Å². The Morgan fingerprint density at radius 3 is 2.94 bits per heavy atom. The van der Waals surface area contributed by atoms with Crippen molar-refractivity contribution in [2.24, 2.45) is 5.73 Å². The summed E-state index contributed by atoms with van der Waals surface area (Å²) in [6.07, 6.45) is 0.425. The van der Waals surface area contributed by atoms with Crippen LogP contribution in [0.3, 0.4) is 0 Å². The summed E-state index contributed by atoms with van der Waals surface area (Å²) >= 11 is 7.64. The normalized spacial score (nSPS) is 15.3. The van der Waals surface area contributed by atoms with E-state index in [1.165, 1.54) is 0 Å². The first-order chi connectivity index (χ1) is 8.65. The van der Waals surface area contributed by atoms with Gasteiger partial charge in [0, 0.05) is 10.6 Å². The Labute approximate surface area is 114 Å². The Morgan fingerprint density at radius 2 is 2.22 bits per heavy atom. The fourth-order valence-electron chi connectivity index (χ4n) is 2.12. The van der Waals surface area contributed by atoms with Crippen LogP contribution in [0.4, 0.5) is 5.69 Å². The Kier molecular flexibility index (Phi) is 2.86. The van der Waals surface area contributed by atoms with E-state index in [0.717, 1.165) is 21.7 Å². The molecule has 0 spiro atoms. The highest BCUT2D eigenvalue weighted by Crippen LogP contribution is 2.33. The topological polar surface area (TPSA) is 55.1 Å². The van der Waals surface area contributed by atoms with Gasteiger partial charge in [-0.15, -0.1) is 11.3 Å². The van der Waals surface area contributed by atoms with Crippen molar-refractivity contribution in [2.75, 3.05) is 5.32 Å². The molecule has 1 aromatic carbocycles. The Bertz CT molecular complexity index is 623. The number of nitrogens with two attached hydrogens (primary N) is 1. The van der Waals surface area contributed by atoms with E-state index in [9.17, 15) is 4.79 Å². The molecule has 2 aromatic rings. The lowest BCUT2D eigenvalue weighted by Crippen LogP contribution is -2.10. The molecule has 1 aromatic heterocycles. The summed E-state index contributed by atoms with van der Waals surface area (Å²) in [5.74, 6) is 0.0323. The number of hydrogen-bond acceptors (Lipinski definition) is 3. The molecule has 0 saturated carbocycles. The van der Waals surface area contributed by atoms with Crippen LogP contribution >= 0.6 is 22.9 Å². The monoisotopic (exact) mass is 278 g/mol. The standard InChI is InChI=1S/C13H11ClN2OS/c14-9-3-4-18-13(9)12(15)7-1-2-10-8(5-7)6-11(17)16-10/h1-5,12H,6,15H2,(H,16,17). The van der Waals surface area contributed by atoms with Gasteiger partial charge in [0.2, 0.25) is 5.91 Å². The molecule has 1 unspecified atom stereocenters. The van der Waals surface area contributed by atoms with Crippen molar-refractivity contribution in [3.63, 3.8) is 0 Å². The molecule has 1 amide bonds. The minimum absolute atomic E-state index is 0.0323. The van der Waals surface area contributed by atoms with Crippen LogP contribution < -0.4 is 11.1 Å². The lowest BCUT2D eigenvalue weighted by atomic mass is 10.0. The summed E-state index contributed by atoms with van der Waals surface area (Å²) in [7, 11) is 0. The minimum atomic E-state index is -0.237. The molecule has 2 heterocycles. The molecule has 1 aliphatic rings. The number of halogens is 1. The first-order valence-electron chi connectivity index (χ1n) is 5.56. The summed E-state index contributed by atoms with van der Waals surface area (Å²) in [6.45, 7) is 0. The molecule has 1 aliphatic heterocycles. The molecule has 0 bridgehead atoms. The second-order valence-corrected chi connectivity index (χ2v) is 5.61. The summed E-state index contributed by atoms with van der Waals surface area (Å²) < 4.78 is 0. The van der Waals surface area contributed by atoms with Crippen molar-refractivity contribution in [1.82, 2.24) is 0 Å². The predicted molar refractivity (Wildman–Crippen MR) is 74.1 cm³/mol. The molecule has 92 valence electrons. The van der Waals surface area contributed by atoms with Crippen molar-refractivity contribution in [1.29, 1.82) is 0 Å². The predicted octanol–water partition coefficient (Wildman–Crippen LogP) is 2.94. The van der Waals surface area contributed by atoms with Crippen molar-refractivity contribution in [3.05, 3.63) is 50.7 Å². The van der Waals surface area contributed by atoms with E-state index in [1.807, 2.05) is 29.6 Å². The quantitative estimate of drug-likeness (QED) is 0.887. The number of nitrogens with one attached hydrogen (secondary N) is 1. The van der Waals surface area contributed by atoms with Gasteiger partial charge < -0.3 is 11.1 Å². The Balaban J connectivity index is 1.97. The summed E-state index contributed by atoms with van der Waals surface area (Å²) in [5.41, 5.74) is 9.08. The fourth-order valence-corrected chi connectivity index (χ4v) is 3.32. The minimum Gasteiger partial charge on any atom is -0.326 e. The lowest BCUT2D eigenvalue weighted by Gasteiger charge is -2.12. The molecule has 0 saturated heterocycles. The Morgan fingerprint density at radius 1 is 1.39 bits per heavy atom. The van der Waals surface area contributed by atoms with Crippen LogP contribution in [0.15, 0.2) is 29.6 Å². The first-order valence-corrected chi connectivity index (χ1v) is 6.82. The van der Waals surface area contributed by atoms with E-state index >= 15 is 0 Å². The highest BCUT2D eigenvalue weighted by Gasteiger charge is 2.20. The number of benzene rings is 1. The van der Waals surface area contributed by atoms with E-state index < -0.39 is 0 Å². The third kappa shape index (κ3) is 1.92. The van der Waals surface area contributed by atoms with Crippen LogP contribution in [-0.4, -0.2) is 5.91 Å². The zero-order chi connectivity index (χ0) is 12.7. The molecule has 1 atom stereocenters. The largest absolute Gasteiger partial charge is 0.326 e. The number of thiophene rings is 1. The Hall–Kier alpha value is -1.36. The summed E-state index contributed by atoms with van der Waals surface area (Å²) in [6, 6.07) is 7.43. The van der Waals surface area contributed by atoms with Crippen LogP contribution in [0.5, 0.6) is 0 Å². The second-order valence-electron chi connectivity index (χ2n) is 4.25. The highest BCUT2D eigenvalue weighted by molar-refractivity contribution is 7.10. The molecular formula is C13H11ClN2OS. The zero-order valence-corrected chi connectivity index (χ0v) is 11.0. The molecule has 3 nitrogen and oxygen atoms in total. The molecule has 3 rings (SSSR count). The maximum absolute atomic E-state index is 11.3. The summed E-state index contributed by atoms with van der Waals surface area (Å²) in [4.78, 5) is 12.3. The van der Waals surface area contributed by atoms with Gasteiger partial charge in [-0.1, -0.05) is 23.7 Å². The second kappa shape index (κ2) is 4.39. The molecule has 3 N–H and O–H groups in total. The van der Waals surface area contributed by atoms with Crippen LogP contribution in [0.1, 0.15) is 22.0 Å². The molecule has 0 fully saturated rings. The van der Waals surface area contributed by atoms with Gasteiger partial charge >= 0.3 is 0 Å². The van der Waals surface area contributed by atoms with Gasteiger partial charge in [0.25, 0.3) is 0 Å². The van der Waals surface area contributed by atoms with E-state index in [-0.39, 0.29) is 11.9 Å². The summed E-state index contributed by atoms with van der Waals surface area (Å²) in [5, 5.41) is 5.43. The van der Waals surface area contributed by atoms with E-state index in [0.29, 0.717) is 11.4 Å². The average Bonchev–Trinajstić information content (AvgIpc) is 2.91. The van der Waals surface area contributed by atoms with E-state index in [2.05, 4.69) is 5.32 Å². The van der Waals surface area contributed by atoms with Crippen LogP contribution in [0.2, 0.25) is 5.02 Å².